The second-order valence-corrected chi connectivity index (χ2v) is 15.8. The molecule has 6 aromatic rings. The molecule has 4 aromatic heterocycles. The van der Waals surface area contributed by atoms with Gasteiger partial charge >= 0.3 is 34.1 Å². The molecule has 0 bridgehead atoms. The summed E-state index contributed by atoms with van der Waals surface area (Å²) in [5.74, 6) is 1.01. The van der Waals surface area contributed by atoms with Crippen LogP contribution in [0.5, 0.6) is 0 Å². The zero-order chi connectivity index (χ0) is 45.1. The van der Waals surface area contributed by atoms with Gasteiger partial charge in [0.25, 0.3) is 0 Å². The molecule has 350 valence electrons. The second-order valence-electron chi connectivity index (χ2n) is 14.3. The van der Waals surface area contributed by atoms with Gasteiger partial charge in [-0.15, -0.1) is 20.5 Å². The minimum Gasteiger partial charge on any atom is -0.302 e. The molecule has 18 heteroatoms. The molecule has 0 unspecified atom stereocenters. The normalized spacial score (nSPS) is 11.8. The Morgan fingerprint density at radius 1 is 0.375 bits per heavy atom. The van der Waals surface area contributed by atoms with Crippen molar-refractivity contribution < 1.29 is 91.9 Å². The number of halogens is 2. The Morgan fingerprint density at radius 2 is 0.594 bits per heavy atom. The van der Waals surface area contributed by atoms with Gasteiger partial charge in [-0.25, -0.2) is 37.3 Å². The van der Waals surface area contributed by atoms with Crippen LogP contribution in [-0.4, -0.2) is 69.0 Å². The maximum absolute atomic E-state index is 8.49. The fourth-order valence-corrected chi connectivity index (χ4v) is 6.41. The van der Waals surface area contributed by atoms with E-state index in [2.05, 4.69) is 153 Å². The first-order chi connectivity index (χ1) is 29.6. The molecular formula is C46H54Cl2Cu2N6O8+2. The molecule has 0 aliphatic heterocycles. The van der Waals surface area contributed by atoms with Crippen LogP contribution in [0.4, 0.5) is 0 Å². The van der Waals surface area contributed by atoms with Crippen LogP contribution in [-0.2, 0) is 59.8 Å². The third-order valence-corrected chi connectivity index (χ3v) is 9.44. The summed E-state index contributed by atoms with van der Waals surface area (Å²) in [5, 5.41) is 0. The summed E-state index contributed by atoms with van der Waals surface area (Å²) in [4.78, 5) is 23.0. The first-order valence-electron chi connectivity index (χ1n) is 20.0. The summed E-state index contributed by atoms with van der Waals surface area (Å²) in [6.45, 7) is 10.8. The summed E-state index contributed by atoms with van der Waals surface area (Å²) >= 11 is 0. The van der Waals surface area contributed by atoms with E-state index in [1.54, 1.807) is 0 Å². The first-order valence-corrected chi connectivity index (χ1v) is 22.5. The van der Waals surface area contributed by atoms with Crippen molar-refractivity contribution in [1.29, 1.82) is 0 Å². The van der Waals surface area contributed by atoms with Gasteiger partial charge in [0.05, 0.1) is 0 Å². The maximum Gasteiger partial charge on any atom is 2.00 e. The van der Waals surface area contributed by atoms with Crippen LogP contribution >= 0.6 is 0 Å². The fraction of sp³-hybridized carbons (Fsp3) is 0.304. The maximum atomic E-state index is 8.49. The average molecular weight is 1020 g/mol. The van der Waals surface area contributed by atoms with Gasteiger partial charge in [0.1, 0.15) is 0 Å². The van der Waals surface area contributed by atoms with E-state index < -0.39 is 20.5 Å². The van der Waals surface area contributed by atoms with Gasteiger partial charge in [-0.1, -0.05) is 98.8 Å². The molecule has 0 aliphatic carbocycles. The molecule has 2 radical (unpaired) electrons. The SMILES string of the molecule is C[C@@H](CN(CCc1ccccn1)CCc1ccccn1)c1ccccc1.C[C@@H](CN(CCc1ccccn1)CCc1ccccn1)c1ccccc1.[Cu+2].[Cu+2].[O-][Cl+3]([O-])([O-])[O-].[O-][Cl+3]([O-])([O-])[O-]. The molecular weight excluding hydrogens is 963 g/mol. The molecule has 14 nitrogen and oxygen atoms in total. The van der Waals surface area contributed by atoms with Crippen molar-refractivity contribution in [3.8, 4) is 0 Å². The van der Waals surface area contributed by atoms with Crippen molar-refractivity contribution in [1.82, 2.24) is 29.7 Å². The zero-order valence-corrected chi connectivity index (χ0v) is 38.9. The van der Waals surface area contributed by atoms with Crippen LogP contribution in [0.2, 0.25) is 0 Å². The molecule has 0 N–H and O–H groups in total. The van der Waals surface area contributed by atoms with Gasteiger partial charge in [0.15, 0.2) is 0 Å². The molecule has 2 aromatic carbocycles. The van der Waals surface area contributed by atoms with Gasteiger partial charge in [-0.05, 0) is 71.5 Å². The van der Waals surface area contributed by atoms with Crippen LogP contribution in [0.1, 0.15) is 59.6 Å². The van der Waals surface area contributed by atoms with E-state index in [9.17, 15) is 0 Å². The monoisotopic (exact) mass is 1010 g/mol. The molecule has 0 saturated carbocycles. The molecule has 0 spiro atoms. The smallest absolute Gasteiger partial charge is 0.302 e. The van der Waals surface area contributed by atoms with Crippen LogP contribution in [0.25, 0.3) is 0 Å². The van der Waals surface area contributed by atoms with E-state index in [-0.39, 0.29) is 34.1 Å². The molecule has 0 amide bonds. The third-order valence-electron chi connectivity index (χ3n) is 9.44. The van der Waals surface area contributed by atoms with Crippen molar-refractivity contribution in [2.24, 2.45) is 0 Å². The van der Waals surface area contributed by atoms with Crippen molar-refractivity contribution in [3.63, 3.8) is 0 Å². The number of pyridine rings is 4. The number of hydrogen-bond donors (Lipinski definition) is 0. The first kappa shape index (κ1) is 58.3. The Morgan fingerprint density at radius 3 is 0.797 bits per heavy atom. The van der Waals surface area contributed by atoms with Gasteiger partial charge in [0, 0.05) is 113 Å². The van der Waals surface area contributed by atoms with Gasteiger partial charge in [-0.2, -0.15) is 0 Å². The summed E-state index contributed by atoms with van der Waals surface area (Å²) < 4.78 is 67.9. The predicted molar refractivity (Wildman–Crippen MR) is 214 cm³/mol. The summed E-state index contributed by atoms with van der Waals surface area (Å²) in [7, 11) is -9.89. The topological polar surface area (TPSA) is 243 Å². The summed E-state index contributed by atoms with van der Waals surface area (Å²) in [5.41, 5.74) is 7.41. The molecule has 4 heterocycles. The Labute approximate surface area is 402 Å². The molecule has 6 rings (SSSR count). The summed E-state index contributed by atoms with van der Waals surface area (Å²) in [6, 6.07) is 46.1. The summed E-state index contributed by atoms with van der Waals surface area (Å²) in [6.07, 6.45) is 11.4. The van der Waals surface area contributed by atoms with Gasteiger partial charge in [0.2, 0.25) is 0 Å². The van der Waals surface area contributed by atoms with E-state index in [0.29, 0.717) is 11.8 Å². The quantitative estimate of drug-likeness (QED) is 0.0960. The number of rotatable bonds is 18. The molecule has 64 heavy (non-hydrogen) atoms. The van der Waals surface area contributed by atoms with E-state index in [1.165, 1.54) is 11.1 Å². The van der Waals surface area contributed by atoms with Gasteiger partial charge in [-0.3, -0.25) is 19.9 Å². The number of nitrogens with zero attached hydrogens (tertiary/aromatic N) is 6. The number of aromatic nitrogens is 4. The molecule has 0 saturated heterocycles. The minimum atomic E-state index is -4.94. The molecule has 0 aliphatic rings. The largest absolute Gasteiger partial charge is 2.00 e. The van der Waals surface area contributed by atoms with Crippen LogP contribution in [0.15, 0.2) is 158 Å². The van der Waals surface area contributed by atoms with Crippen molar-refractivity contribution >= 4 is 0 Å². The Kier molecular flexibility index (Phi) is 29.9. The average Bonchev–Trinajstić information content (AvgIpc) is 3.26. The van der Waals surface area contributed by atoms with E-state index in [4.69, 9.17) is 37.3 Å². The Hall–Kier alpha value is -3.74. The van der Waals surface area contributed by atoms with E-state index in [0.717, 1.165) is 87.7 Å². The van der Waals surface area contributed by atoms with Crippen molar-refractivity contribution in [3.05, 3.63) is 192 Å². The number of benzene rings is 2. The second kappa shape index (κ2) is 32.8. The van der Waals surface area contributed by atoms with Crippen LogP contribution in [0, 0.1) is 20.5 Å². The Bertz CT molecular complexity index is 1760. The fourth-order valence-electron chi connectivity index (χ4n) is 6.41. The number of hydrogen-bond acceptors (Lipinski definition) is 14. The predicted octanol–water partition coefficient (Wildman–Crippen LogP) is -0.782. The zero-order valence-electron chi connectivity index (χ0n) is 35.5. The Balaban J connectivity index is 0.000000515. The standard InChI is InChI=1S/2C23H27N3.2ClHO4.2Cu/c2*1-20(21-9-3-2-4-10-21)19-26(17-13-22-11-5-7-15-24-22)18-14-23-12-6-8-16-25-23;2*2-1(3,4)5;;/h2*2-12,15-16,20H,13-14,17-19H2,1H3;2*(H,2,3,4,5);;/q;;;;2*+2/p-2/t2*20-;;;;/m00..../s1. The van der Waals surface area contributed by atoms with Gasteiger partial charge < -0.3 is 9.80 Å². The van der Waals surface area contributed by atoms with Crippen molar-refractivity contribution in [2.45, 2.75) is 51.4 Å². The van der Waals surface area contributed by atoms with Crippen LogP contribution < -0.4 is 37.3 Å². The van der Waals surface area contributed by atoms with E-state index >= 15 is 0 Å². The minimum absolute atomic E-state index is 0. The molecule has 0 fully saturated rings. The molecule has 2 atom stereocenters. The van der Waals surface area contributed by atoms with Crippen molar-refractivity contribution in [2.75, 3.05) is 39.3 Å². The van der Waals surface area contributed by atoms with Crippen LogP contribution in [0.3, 0.4) is 0 Å². The third kappa shape index (κ3) is 29.7. The van der Waals surface area contributed by atoms with E-state index in [1.807, 2.05) is 49.1 Å².